The molecular weight excluding hydrogens is 368 g/mol. The van der Waals surface area contributed by atoms with E-state index >= 15 is 0 Å². The molecule has 6 heteroatoms. The summed E-state index contributed by atoms with van der Waals surface area (Å²) in [5, 5.41) is 12.2. The van der Waals surface area contributed by atoms with E-state index in [-0.39, 0.29) is 6.04 Å². The molecule has 0 saturated carbocycles. The number of ether oxygens (including phenoxy) is 1. The van der Waals surface area contributed by atoms with Gasteiger partial charge in [-0.3, -0.25) is 0 Å². The second-order valence-electron chi connectivity index (χ2n) is 7.78. The van der Waals surface area contributed by atoms with E-state index in [0.29, 0.717) is 11.8 Å². The number of nitrogens with zero attached hydrogens (tertiary/aromatic N) is 2. The van der Waals surface area contributed by atoms with E-state index < -0.39 is 0 Å². The van der Waals surface area contributed by atoms with Gasteiger partial charge in [0.05, 0.1) is 18.5 Å². The molecule has 5 nitrogen and oxygen atoms in total. The Labute approximate surface area is 173 Å². The number of methoxy groups -OCH3 is 1. The number of aryl methyl sites for hydroxylation is 1. The Balaban J connectivity index is 1.70. The Morgan fingerprint density at radius 3 is 2.61 bits per heavy atom. The van der Waals surface area contributed by atoms with Gasteiger partial charge in [-0.25, -0.2) is 4.68 Å². The van der Waals surface area contributed by atoms with Gasteiger partial charge in [-0.2, -0.15) is 5.10 Å². The highest BCUT2D eigenvalue weighted by molar-refractivity contribution is 7.80. The molecule has 28 heavy (non-hydrogen) atoms. The van der Waals surface area contributed by atoms with E-state index in [4.69, 9.17) is 22.1 Å². The fourth-order valence-corrected chi connectivity index (χ4v) is 3.94. The van der Waals surface area contributed by atoms with Crippen LogP contribution in [0.3, 0.4) is 0 Å². The molecule has 1 aromatic carbocycles. The molecule has 0 bridgehead atoms. The normalized spacial score (nSPS) is 18.5. The SMILES string of the molecule is COc1ccc(-n2nc(C)c([C@H]3C=C[C@@H](NC(=S)NCC(C)C)C3)c2C)cc1. The lowest BCUT2D eigenvalue weighted by atomic mass is 9.96. The Kier molecular flexibility index (Phi) is 6.39. The monoisotopic (exact) mass is 398 g/mol. The molecule has 2 aromatic rings. The quantitative estimate of drug-likeness (QED) is 0.568. The van der Waals surface area contributed by atoms with Gasteiger partial charge in [-0.1, -0.05) is 26.0 Å². The molecule has 0 fully saturated rings. The van der Waals surface area contributed by atoms with Crippen LogP contribution in [-0.2, 0) is 0 Å². The van der Waals surface area contributed by atoms with Gasteiger partial charge >= 0.3 is 0 Å². The Morgan fingerprint density at radius 1 is 1.25 bits per heavy atom. The van der Waals surface area contributed by atoms with Gasteiger partial charge in [0.2, 0.25) is 0 Å². The third-order valence-electron chi connectivity index (χ3n) is 5.11. The standard InChI is InChI=1S/C22H30N4OS/c1-14(2)13-23-22(28)24-18-7-6-17(12-18)21-15(3)25-26(16(21)4)19-8-10-20(27-5)11-9-19/h6-11,14,17-18H,12-13H2,1-5H3,(H2,23,24,28)/t17-,18+/m0/s1. The van der Waals surface area contributed by atoms with E-state index in [9.17, 15) is 0 Å². The third kappa shape index (κ3) is 4.55. The number of hydrogen-bond donors (Lipinski definition) is 2. The summed E-state index contributed by atoms with van der Waals surface area (Å²) in [6.07, 6.45) is 5.48. The Hall–Kier alpha value is -2.34. The highest BCUT2D eigenvalue weighted by Crippen LogP contribution is 2.34. The molecule has 2 N–H and O–H groups in total. The van der Waals surface area contributed by atoms with E-state index in [1.54, 1.807) is 7.11 Å². The molecule has 1 aromatic heterocycles. The molecule has 0 aliphatic heterocycles. The first kappa shape index (κ1) is 20.4. The molecule has 0 unspecified atom stereocenters. The van der Waals surface area contributed by atoms with Crippen molar-refractivity contribution in [2.75, 3.05) is 13.7 Å². The van der Waals surface area contributed by atoms with Crippen molar-refractivity contribution in [3.63, 3.8) is 0 Å². The zero-order valence-electron chi connectivity index (χ0n) is 17.3. The first-order valence-electron chi connectivity index (χ1n) is 9.82. The fraction of sp³-hybridized carbons (Fsp3) is 0.455. The van der Waals surface area contributed by atoms with Crippen LogP contribution in [0.15, 0.2) is 36.4 Å². The lowest BCUT2D eigenvalue weighted by molar-refractivity contribution is 0.414. The molecule has 150 valence electrons. The molecule has 2 atom stereocenters. The minimum absolute atomic E-state index is 0.250. The van der Waals surface area contributed by atoms with Crippen molar-refractivity contribution < 1.29 is 4.74 Å². The van der Waals surface area contributed by atoms with Crippen molar-refractivity contribution in [2.45, 2.75) is 46.1 Å². The van der Waals surface area contributed by atoms with Gasteiger partial charge in [0.15, 0.2) is 5.11 Å². The van der Waals surface area contributed by atoms with Crippen LogP contribution in [0.25, 0.3) is 5.69 Å². The van der Waals surface area contributed by atoms with E-state index in [1.165, 1.54) is 11.3 Å². The number of allylic oxidation sites excluding steroid dienone is 1. The van der Waals surface area contributed by atoms with E-state index in [0.717, 1.165) is 35.2 Å². The molecule has 1 aliphatic carbocycles. The zero-order valence-corrected chi connectivity index (χ0v) is 18.1. The summed E-state index contributed by atoms with van der Waals surface area (Å²) in [6.45, 7) is 9.47. The minimum atomic E-state index is 0.250. The summed E-state index contributed by atoms with van der Waals surface area (Å²) in [5.41, 5.74) is 4.60. The first-order valence-corrected chi connectivity index (χ1v) is 10.2. The van der Waals surface area contributed by atoms with Crippen molar-refractivity contribution >= 4 is 17.3 Å². The smallest absolute Gasteiger partial charge is 0.166 e. The predicted molar refractivity (Wildman–Crippen MR) is 118 cm³/mol. The summed E-state index contributed by atoms with van der Waals surface area (Å²) in [5.74, 6) is 1.76. The predicted octanol–water partition coefficient (Wildman–Crippen LogP) is 4.03. The Bertz CT molecular complexity index is 854. The summed E-state index contributed by atoms with van der Waals surface area (Å²) in [4.78, 5) is 0. The van der Waals surface area contributed by atoms with Crippen LogP contribution in [0, 0.1) is 19.8 Å². The highest BCUT2D eigenvalue weighted by atomic mass is 32.1. The average molecular weight is 399 g/mol. The number of rotatable bonds is 6. The van der Waals surface area contributed by atoms with Gasteiger partial charge < -0.3 is 15.4 Å². The van der Waals surface area contributed by atoms with E-state index in [2.05, 4.69) is 50.5 Å². The van der Waals surface area contributed by atoms with Gasteiger partial charge in [0.25, 0.3) is 0 Å². The summed E-state index contributed by atoms with van der Waals surface area (Å²) >= 11 is 5.42. The van der Waals surface area contributed by atoms with Crippen LogP contribution in [0.1, 0.15) is 43.1 Å². The second-order valence-corrected chi connectivity index (χ2v) is 8.18. The average Bonchev–Trinajstić information content (AvgIpc) is 3.23. The summed E-state index contributed by atoms with van der Waals surface area (Å²) in [7, 11) is 1.68. The third-order valence-corrected chi connectivity index (χ3v) is 5.37. The molecule has 1 aliphatic rings. The van der Waals surface area contributed by atoms with Crippen molar-refractivity contribution in [2.24, 2.45) is 5.92 Å². The number of aromatic nitrogens is 2. The van der Waals surface area contributed by atoms with Crippen molar-refractivity contribution in [3.05, 3.63) is 53.4 Å². The van der Waals surface area contributed by atoms with Crippen LogP contribution >= 0.6 is 12.2 Å². The maximum absolute atomic E-state index is 5.42. The van der Waals surface area contributed by atoms with Crippen LogP contribution in [-0.4, -0.2) is 34.6 Å². The molecule has 1 heterocycles. The largest absolute Gasteiger partial charge is 0.497 e. The number of thiocarbonyl (C=S) groups is 1. The van der Waals surface area contributed by atoms with Crippen molar-refractivity contribution in [1.29, 1.82) is 0 Å². The van der Waals surface area contributed by atoms with Gasteiger partial charge in [-0.15, -0.1) is 0 Å². The molecule has 0 radical (unpaired) electrons. The summed E-state index contributed by atoms with van der Waals surface area (Å²) in [6, 6.07) is 8.25. The van der Waals surface area contributed by atoms with Crippen LogP contribution in [0.2, 0.25) is 0 Å². The molecule has 0 amide bonds. The van der Waals surface area contributed by atoms with Crippen LogP contribution in [0.5, 0.6) is 5.75 Å². The lowest BCUT2D eigenvalue weighted by Gasteiger charge is -2.18. The van der Waals surface area contributed by atoms with Crippen molar-refractivity contribution in [1.82, 2.24) is 20.4 Å². The van der Waals surface area contributed by atoms with Crippen LogP contribution < -0.4 is 15.4 Å². The number of hydrogen-bond acceptors (Lipinski definition) is 3. The molecule has 0 spiro atoms. The van der Waals surface area contributed by atoms with Crippen molar-refractivity contribution in [3.8, 4) is 11.4 Å². The van der Waals surface area contributed by atoms with Gasteiger partial charge in [0.1, 0.15) is 5.75 Å². The zero-order chi connectivity index (χ0) is 20.3. The first-order chi connectivity index (χ1) is 13.4. The minimum Gasteiger partial charge on any atom is -0.497 e. The molecular formula is C22H30N4OS. The maximum Gasteiger partial charge on any atom is 0.166 e. The van der Waals surface area contributed by atoms with Gasteiger partial charge in [-0.05, 0) is 62.7 Å². The van der Waals surface area contributed by atoms with Crippen LogP contribution in [0.4, 0.5) is 0 Å². The summed E-state index contributed by atoms with van der Waals surface area (Å²) < 4.78 is 7.28. The topological polar surface area (TPSA) is 51.1 Å². The second kappa shape index (κ2) is 8.78. The number of benzene rings is 1. The fourth-order valence-electron chi connectivity index (χ4n) is 3.70. The molecule has 0 saturated heterocycles. The van der Waals surface area contributed by atoms with Gasteiger partial charge in [0, 0.05) is 29.8 Å². The maximum atomic E-state index is 5.42. The number of nitrogens with one attached hydrogen (secondary N) is 2. The highest BCUT2D eigenvalue weighted by Gasteiger charge is 2.26. The molecule has 3 rings (SSSR count). The van der Waals surface area contributed by atoms with E-state index in [1.807, 2.05) is 28.9 Å². The lowest BCUT2D eigenvalue weighted by Crippen LogP contribution is -2.41. The Morgan fingerprint density at radius 2 is 1.96 bits per heavy atom.